The second-order valence-electron chi connectivity index (χ2n) is 5.18. The summed E-state index contributed by atoms with van der Waals surface area (Å²) in [6, 6.07) is 7.16. The Morgan fingerprint density at radius 1 is 1.30 bits per heavy atom. The van der Waals surface area contributed by atoms with Gasteiger partial charge < -0.3 is 5.32 Å². The summed E-state index contributed by atoms with van der Waals surface area (Å²) < 4.78 is 15.7. The van der Waals surface area contributed by atoms with E-state index >= 15 is 0 Å². The summed E-state index contributed by atoms with van der Waals surface area (Å²) in [5.74, 6) is -0.340. The van der Waals surface area contributed by atoms with Crippen LogP contribution in [-0.4, -0.2) is 9.78 Å². The molecule has 1 fully saturated rings. The van der Waals surface area contributed by atoms with Crippen molar-refractivity contribution in [3.63, 3.8) is 0 Å². The standard InChI is InChI=1S/C15H17ClFN3/c16-13-6-3-7-14(17)15(13)18-10-11-8-9-20(19-11)12-4-1-2-5-12/h3,6-9,12,18H,1-2,4-5,10H2. The quantitative estimate of drug-likeness (QED) is 0.905. The molecule has 1 aliphatic carbocycles. The minimum Gasteiger partial charge on any atom is -0.376 e. The molecule has 0 bridgehead atoms. The zero-order valence-electron chi connectivity index (χ0n) is 11.1. The molecule has 3 nitrogen and oxygen atoms in total. The van der Waals surface area contributed by atoms with Crippen molar-refractivity contribution in [1.82, 2.24) is 9.78 Å². The average molecular weight is 294 g/mol. The van der Waals surface area contributed by atoms with E-state index in [-0.39, 0.29) is 5.82 Å². The monoisotopic (exact) mass is 293 g/mol. The van der Waals surface area contributed by atoms with E-state index in [1.54, 1.807) is 12.1 Å². The number of hydrogen-bond donors (Lipinski definition) is 1. The molecule has 1 heterocycles. The zero-order chi connectivity index (χ0) is 13.9. The van der Waals surface area contributed by atoms with Gasteiger partial charge in [0.25, 0.3) is 0 Å². The number of hydrogen-bond acceptors (Lipinski definition) is 2. The van der Waals surface area contributed by atoms with E-state index in [0.29, 0.717) is 23.3 Å². The number of nitrogens with zero attached hydrogens (tertiary/aromatic N) is 2. The van der Waals surface area contributed by atoms with Crippen LogP contribution in [0.4, 0.5) is 10.1 Å². The predicted molar refractivity (Wildman–Crippen MR) is 78.5 cm³/mol. The maximum atomic E-state index is 13.6. The van der Waals surface area contributed by atoms with Crippen LogP contribution < -0.4 is 5.32 Å². The first-order valence-electron chi connectivity index (χ1n) is 6.96. The largest absolute Gasteiger partial charge is 0.376 e. The molecule has 1 aromatic carbocycles. The number of anilines is 1. The topological polar surface area (TPSA) is 29.9 Å². The highest BCUT2D eigenvalue weighted by atomic mass is 35.5. The third-order valence-corrected chi connectivity index (χ3v) is 4.09. The summed E-state index contributed by atoms with van der Waals surface area (Å²) >= 11 is 5.98. The van der Waals surface area contributed by atoms with Crippen molar-refractivity contribution in [3.05, 3.63) is 47.0 Å². The van der Waals surface area contributed by atoms with Crippen LogP contribution in [0.1, 0.15) is 37.4 Å². The maximum Gasteiger partial charge on any atom is 0.147 e. The zero-order valence-corrected chi connectivity index (χ0v) is 11.9. The Kier molecular flexibility index (Phi) is 3.92. The van der Waals surface area contributed by atoms with Gasteiger partial charge >= 0.3 is 0 Å². The number of nitrogens with one attached hydrogen (secondary N) is 1. The highest BCUT2D eigenvalue weighted by Gasteiger charge is 2.17. The molecular formula is C15H17ClFN3. The van der Waals surface area contributed by atoms with Crippen LogP contribution in [0.5, 0.6) is 0 Å². The fraction of sp³-hybridized carbons (Fsp3) is 0.400. The molecule has 1 saturated carbocycles. The molecule has 0 spiro atoms. The molecule has 0 aliphatic heterocycles. The summed E-state index contributed by atoms with van der Waals surface area (Å²) in [4.78, 5) is 0. The average Bonchev–Trinajstić information content (AvgIpc) is 3.09. The van der Waals surface area contributed by atoms with Gasteiger partial charge in [0.15, 0.2) is 0 Å². The van der Waals surface area contributed by atoms with Crippen LogP contribution in [0.15, 0.2) is 30.5 Å². The summed E-state index contributed by atoms with van der Waals surface area (Å²) in [5.41, 5.74) is 1.24. The normalized spacial score (nSPS) is 15.7. The van der Waals surface area contributed by atoms with Gasteiger partial charge in [0.05, 0.1) is 29.0 Å². The van der Waals surface area contributed by atoms with Gasteiger partial charge in [0, 0.05) is 6.20 Å². The molecule has 0 amide bonds. The second-order valence-corrected chi connectivity index (χ2v) is 5.58. The van der Waals surface area contributed by atoms with Crippen molar-refractivity contribution in [3.8, 4) is 0 Å². The molecule has 0 saturated heterocycles. The first-order valence-corrected chi connectivity index (χ1v) is 7.34. The van der Waals surface area contributed by atoms with Gasteiger partial charge in [0.2, 0.25) is 0 Å². The van der Waals surface area contributed by atoms with E-state index in [0.717, 1.165) is 5.69 Å². The number of aromatic nitrogens is 2. The van der Waals surface area contributed by atoms with Gasteiger partial charge in [-0.2, -0.15) is 5.10 Å². The Balaban J connectivity index is 1.66. The molecule has 20 heavy (non-hydrogen) atoms. The van der Waals surface area contributed by atoms with Gasteiger partial charge in [-0.25, -0.2) is 4.39 Å². The van der Waals surface area contributed by atoms with Crippen molar-refractivity contribution >= 4 is 17.3 Å². The van der Waals surface area contributed by atoms with Crippen LogP contribution in [0.2, 0.25) is 5.02 Å². The molecule has 5 heteroatoms. The van der Waals surface area contributed by atoms with Gasteiger partial charge in [-0.05, 0) is 31.0 Å². The van der Waals surface area contributed by atoms with Crippen molar-refractivity contribution in [2.24, 2.45) is 0 Å². The first-order chi connectivity index (χ1) is 9.74. The minimum atomic E-state index is -0.340. The summed E-state index contributed by atoms with van der Waals surface area (Å²) in [6.45, 7) is 0.473. The van der Waals surface area contributed by atoms with E-state index in [9.17, 15) is 4.39 Å². The summed E-state index contributed by atoms with van der Waals surface area (Å²) in [6.07, 6.45) is 6.98. The third kappa shape index (κ3) is 2.80. The Bertz CT molecular complexity index is 570. The highest BCUT2D eigenvalue weighted by Crippen LogP contribution is 2.29. The summed E-state index contributed by atoms with van der Waals surface area (Å²) in [5, 5.41) is 7.96. The Labute approximate surface area is 122 Å². The molecule has 1 aliphatic rings. The van der Waals surface area contributed by atoms with Crippen LogP contribution in [0, 0.1) is 5.82 Å². The smallest absolute Gasteiger partial charge is 0.147 e. The lowest BCUT2D eigenvalue weighted by Crippen LogP contribution is -2.07. The SMILES string of the molecule is Fc1cccc(Cl)c1NCc1ccn(C2CCCC2)n1. The molecule has 0 unspecified atom stereocenters. The highest BCUT2D eigenvalue weighted by molar-refractivity contribution is 6.33. The lowest BCUT2D eigenvalue weighted by molar-refractivity contribution is 0.463. The number of halogens is 2. The molecule has 106 valence electrons. The van der Waals surface area contributed by atoms with E-state index in [1.165, 1.54) is 31.7 Å². The molecule has 3 rings (SSSR count). The van der Waals surface area contributed by atoms with Crippen LogP contribution in [0.3, 0.4) is 0 Å². The van der Waals surface area contributed by atoms with Crippen molar-refractivity contribution < 1.29 is 4.39 Å². The number of benzene rings is 1. The number of para-hydroxylation sites is 1. The number of rotatable bonds is 4. The van der Waals surface area contributed by atoms with Gasteiger partial charge in [0.1, 0.15) is 5.82 Å². The fourth-order valence-corrected chi connectivity index (χ4v) is 2.92. The van der Waals surface area contributed by atoms with Gasteiger partial charge in [-0.1, -0.05) is 30.5 Å². The molecule has 0 atom stereocenters. The molecule has 2 aromatic rings. The van der Waals surface area contributed by atoms with E-state index < -0.39 is 0 Å². The lowest BCUT2D eigenvalue weighted by atomic mass is 10.3. The first kappa shape index (κ1) is 13.4. The third-order valence-electron chi connectivity index (χ3n) is 3.77. The van der Waals surface area contributed by atoms with Crippen LogP contribution in [0.25, 0.3) is 0 Å². The van der Waals surface area contributed by atoms with E-state index in [2.05, 4.69) is 10.4 Å². The van der Waals surface area contributed by atoms with Crippen molar-refractivity contribution in [2.75, 3.05) is 5.32 Å². The van der Waals surface area contributed by atoms with Crippen molar-refractivity contribution in [1.29, 1.82) is 0 Å². The molecule has 0 radical (unpaired) electrons. The summed E-state index contributed by atoms with van der Waals surface area (Å²) in [7, 11) is 0. The Morgan fingerprint density at radius 3 is 2.85 bits per heavy atom. The van der Waals surface area contributed by atoms with E-state index in [1.807, 2.05) is 16.9 Å². The van der Waals surface area contributed by atoms with Crippen molar-refractivity contribution in [2.45, 2.75) is 38.3 Å². The Hall–Kier alpha value is -1.55. The van der Waals surface area contributed by atoms with Crippen LogP contribution >= 0.6 is 11.6 Å². The minimum absolute atomic E-state index is 0.338. The molecule has 1 aromatic heterocycles. The fourth-order valence-electron chi connectivity index (χ4n) is 2.69. The Morgan fingerprint density at radius 2 is 2.10 bits per heavy atom. The van der Waals surface area contributed by atoms with Crippen LogP contribution in [-0.2, 0) is 6.54 Å². The predicted octanol–water partition coefficient (Wildman–Crippen LogP) is 4.40. The molecular weight excluding hydrogens is 277 g/mol. The maximum absolute atomic E-state index is 13.6. The second kappa shape index (κ2) is 5.83. The lowest BCUT2D eigenvalue weighted by Gasteiger charge is -2.10. The molecule has 1 N–H and O–H groups in total. The van der Waals surface area contributed by atoms with Gasteiger partial charge in [-0.15, -0.1) is 0 Å². The van der Waals surface area contributed by atoms with Gasteiger partial charge in [-0.3, -0.25) is 4.68 Å². The van der Waals surface area contributed by atoms with E-state index in [4.69, 9.17) is 11.6 Å².